The van der Waals surface area contributed by atoms with Gasteiger partial charge in [-0.25, -0.2) is 0 Å². The number of alkyl halides is 3. The van der Waals surface area contributed by atoms with E-state index in [2.05, 4.69) is 5.32 Å². The van der Waals surface area contributed by atoms with Crippen molar-refractivity contribution in [1.29, 1.82) is 0 Å². The van der Waals surface area contributed by atoms with Crippen LogP contribution in [0.25, 0.3) is 0 Å². The Morgan fingerprint density at radius 2 is 2.00 bits per heavy atom. The van der Waals surface area contributed by atoms with Crippen LogP contribution in [0.3, 0.4) is 0 Å². The van der Waals surface area contributed by atoms with Gasteiger partial charge in [-0.3, -0.25) is 4.79 Å². The molecule has 0 aliphatic rings. The summed E-state index contributed by atoms with van der Waals surface area (Å²) in [4.78, 5) is 12.1. The minimum absolute atomic E-state index is 0.0153. The van der Waals surface area contributed by atoms with Crippen LogP contribution in [0.4, 0.5) is 24.5 Å². The zero-order valence-electron chi connectivity index (χ0n) is 9.79. The van der Waals surface area contributed by atoms with Crippen LogP contribution in [-0.2, 0) is 6.18 Å². The molecule has 3 nitrogen and oxygen atoms in total. The Kier molecular flexibility index (Phi) is 3.92. The first kappa shape index (κ1) is 14.7. The summed E-state index contributed by atoms with van der Waals surface area (Å²) in [5, 5.41) is 3.95. The van der Waals surface area contributed by atoms with Crippen molar-refractivity contribution < 1.29 is 18.0 Å². The molecule has 1 heterocycles. The van der Waals surface area contributed by atoms with E-state index in [1.807, 2.05) is 0 Å². The number of anilines is 2. The fraction of sp³-hybridized carbons (Fsp3) is 0.0833. The van der Waals surface area contributed by atoms with Crippen LogP contribution < -0.4 is 11.1 Å². The molecular weight excluding hydrogens is 313 g/mol. The van der Waals surface area contributed by atoms with Crippen molar-refractivity contribution in [2.75, 3.05) is 11.1 Å². The monoisotopic (exact) mass is 320 g/mol. The number of nitrogens with one attached hydrogen (secondary N) is 1. The Bertz CT molecular complexity index is 654. The van der Waals surface area contributed by atoms with Gasteiger partial charge in [0.25, 0.3) is 5.91 Å². The molecule has 0 bridgehead atoms. The van der Waals surface area contributed by atoms with Crippen molar-refractivity contribution >= 4 is 40.2 Å². The number of thiophene rings is 1. The summed E-state index contributed by atoms with van der Waals surface area (Å²) < 4.78 is 37.8. The summed E-state index contributed by atoms with van der Waals surface area (Å²) in [6.07, 6.45) is -4.51. The lowest BCUT2D eigenvalue weighted by atomic mass is 10.2. The molecule has 2 aromatic rings. The van der Waals surface area contributed by atoms with Gasteiger partial charge < -0.3 is 11.1 Å². The molecule has 0 fully saturated rings. The zero-order valence-corrected chi connectivity index (χ0v) is 11.4. The van der Waals surface area contributed by atoms with Crippen LogP contribution in [-0.4, -0.2) is 5.91 Å². The van der Waals surface area contributed by atoms with Crippen LogP contribution in [0.5, 0.6) is 0 Å². The highest BCUT2D eigenvalue weighted by molar-refractivity contribution is 7.12. The average molecular weight is 321 g/mol. The van der Waals surface area contributed by atoms with E-state index in [1.165, 1.54) is 6.07 Å². The first-order valence-electron chi connectivity index (χ1n) is 5.30. The third kappa shape index (κ3) is 3.05. The van der Waals surface area contributed by atoms with Gasteiger partial charge in [-0.2, -0.15) is 13.2 Å². The highest BCUT2D eigenvalue weighted by atomic mass is 35.5. The molecular formula is C12H8ClF3N2OS. The predicted molar refractivity (Wildman–Crippen MR) is 73.1 cm³/mol. The van der Waals surface area contributed by atoms with Crippen LogP contribution in [0.1, 0.15) is 15.2 Å². The summed E-state index contributed by atoms with van der Waals surface area (Å²) in [6, 6.07) is 4.24. The molecule has 3 N–H and O–H groups in total. The number of halogens is 4. The van der Waals surface area contributed by atoms with E-state index in [9.17, 15) is 18.0 Å². The molecule has 8 heteroatoms. The molecule has 0 saturated heterocycles. The molecule has 2 rings (SSSR count). The molecule has 0 radical (unpaired) electrons. The van der Waals surface area contributed by atoms with Crippen molar-refractivity contribution in [1.82, 2.24) is 0 Å². The van der Waals surface area contributed by atoms with E-state index in [0.29, 0.717) is 0 Å². The van der Waals surface area contributed by atoms with Gasteiger partial charge in [-0.1, -0.05) is 11.6 Å². The molecule has 1 aromatic carbocycles. The third-order valence-corrected chi connectivity index (χ3v) is 3.70. The zero-order chi connectivity index (χ0) is 14.9. The van der Waals surface area contributed by atoms with Crippen molar-refractivity contribution in [3.8, 4) is 0 Å². The number of hydrogen-bond donors (Lipinski definition) is 2. The fourth-order valence-corrected chi connectivity index (χ4v) is 2.36. The van der Waals surface area contributed by atoms with E-state index in [1.54, 1.807) is 5.38 Å². The first-order chi connectivity index (χ1) is 9.29. The van der Waals surface area contributed by atoms with Gasteiger partial charge in [0.15, 0.2) is 0 Å². The maximum atomic E-state index is 12.6. The lowest BCUT2D eigenvalue weighted by molar-refractivity contribution is -0.137. The number of rotatable bonds is 2. The second kappa shape index (κ2) is 5.34. The third-order valence-electron chi connectivity index (χ3n) is 2.44. The van der Waals surface area contributed by atoms with Gasteiger partial charge >= 0.3 is 6.18 Å². The van der Waals surface area contributed by atoms with E-state index in [-0.39, 0.29) is 21.3 Å². The topological polar surface area (TPSA) is 55.1 Å². The van der Waals surface area contributed by atoms with E-state index < -0.39 is 17.6 Å². The normalized spacial score (nSPS) is 11.4. The second-order valence-electron chi connectivity index (χ2n) is 3.85. The molecule has 1 amide bonds. The number of hydrogen-bond acceptors (Lipinski definition) is 3. The quantitative estimate of drug-likeness (QED) is 0.869. The number of amides is 1. The van der Waals surface area contributed by atoms with Gasteiger partial charge in [0, 0.05) is 0 Å². The van der Waals surface area contributed by atoms with E-state index in [4.69, 9.17) is 17.3 Å². The summed E-state index contributed by atoms with van der Waals surface area (Å²) >= 11 is 6.87. The maximum absolute atomic E-state index is 12.6. The summed E-state index contributed by atoms with van der Waals surface area (Å²) in [5.74, 6) is -0.598. The minimum Gasteiger partial charge on any atom is -0.397 e. The minimum atomic E-state index is -4.51. The van der Waals surface area contributed by atoms with Crippen LogP contribution >= 0.6 is 22.9 Å². The van der Waals surface area contributed by atoms with Crippen molar-refractivity contribution in [2.45, 2.75) is 6.18 Å². The van der Waals surface area contributed by atoms with E-state index >= 15 is 0 Å². The van der Waals surface area contributed by atoms with Gasteiger partial charge in [-0.05, 0) is 29.6 Å². The molecule has 0 aliphatic carbocycles. The maximum Gasteiger partial charge on any atom is 0.416 e. The van der Waals surface area contributed by atoms with Gasteiger partial charge in [0.2, 0.25) is 0 Å². The van der Waals surface area contributed by atoms with Crippen LogP contribution in [0.15, 0.2) is 29.6 Å². The summed E-state index contributed by atoms with van der Waals surface area (Å²) in [6.45, 7) is 0. The molecule has 20 heavy (non-hydrogen) atoms. The molecule has 0 spiro atoms. The van der Waals surface area contributed by atoms with Crippen LogP contribution in [0, 0.1) is 0 Å². The van der Waals surface area contributed by atoms with Gasteiger partial charge in [-0.15, -0.1) is 11.3 Å². The lowest BCUT2D eigenvalue weighted by Crippen LogP contribution is -2.13. The van der Waals surface area contributed by atoms with Crippen molar-refractivity contribution in [2.24, 2.45) is 0 Å². The number of carbonyl (C=O) groups is 1. The Labute approximate surface area is 121 Å². The van der Waals surface area contributed by atoms with E-state index in [0.717, 1.165) is 29.5 Å². The average Bonchev–Trinajstić information content (AvgIpc) is 2.77. The standard InChI is InChI=1S/C12H8ClF3N2OS/c13-7-2-1-6(12(14,15)16)5-9(7)18-11(19)10-8(17)3-4-20-10/h1-5H,17H2,(H,18,19). The molecule has 0 unspecified atom stereocenters. The van der Waals surface area contributed by atoms with Gasteiger partial charge in [0.05, 0.1) is 22.0 Å². The second-order valence-corrected chi connectivity index (χ2v) is 5.17. The van der Waals surface area contributed by atoms with Crippen molar-refractivity contribution in [3.63, 3.8) is 0 Å². The predicted octanol–water partition coefficient (Wildman–Crippen LogP) is 4.25. The molecule has 106 valence electrons. The first-order valence-corrected chi connectivity index (χ1v) is 6.56. The molecule has 1 aromatic heterocycles. The largest absolute Gasteiger partial charge is 0.416 e. The van der Waals surface area contributed by atoms with Gasteiger partial charge in [0.1, 0.15) is 4.88 Å². The lowest BCUT2D eigenvalue weighted by Gasteiger charge is -2.11. The Balaban J connectivity index is 2.30. The number of carbonyl (C=O) groups excluding carboxylic acids is 1. The Hall–Kier alpha value is -1.73. The molecule has 0 saturated carbocycles. The Morgan fingerprint density at radius 3 is 2.55 bits per heavy atom. The molecule has 0 atom stereocenters. The highest BCUT2D eigenvalue weighted by Gasteiger charge is 2.31. The number of nitrogens with two attached hydrogens (primary N) is 1. The number of nitrogen functional groups attached to an aromatic ring is 1. The fourth-order valence-electron chi connectivity index (χ4n) is 1.48. The molecule has 0 aliphatic heterocycles. The SMILES string of the molecule is Nc1ccsc1C(=O)Nc1cc(C(F)(F)F)ccc1Cl. The highest BCUT2D eigenvalue weighted by Crippen LogP contribution is 2.34. The smallest absolute Gasteiger partial charge is 0.397 e. The number of benzene rings is 1. The van der Waals surface area contributed by atoms with Crippen LogP contribution in [0.2, 0.25) is 5.02 Å². The summed E-state index contributed by atoms with van der Waals surface area (Å²) in [5.41, 5.74) is 4.82. The van der Waals surface area contributed by atoms with Crippen molar-refractivity contribution in [3.05, 3.63) is 45.1 Å². The summed E-state index contributed by atoms with van der Waals surface area (Å²) in [7, 11) is 0. The Morgan fingerprint density at radius 1 is 1.30 bits per heavy atom.